The van der Waals surface area contributed by atoms with Crippen LogP contribution >= 0.6 is 0 Å². The number of ether oxygens (including phenoxy) is 2. The number of rotatable bonds is 4. The first kappa shape index (κ1) is 31.3. The molecule has 1 aliphatic carbocycles. The first-order chi connectivity index (χ1) is 21.1. The summed E-state index contributed by atoms with van der Waals surface area (Å²) in [6.07, 6.45) is -11.3. The predicted octanol–water partition coefficient (Wildman–Crippen LogP) is -1.96. The third-order valence-corrected chi connectivity index (χ3v) is 12.5. The van der Waals surface area contributed by atoms with Crippen molar-refractivity contribution in [2.24, 2.45) is 0 Å². The number of benzene rings is 2. The number of aliphatic hydroxyl groups is 8. The summed E-state index contributed by atoms with van der Waals surface area (Å²) in [5.41, 5.74) is 2.71. The highest BCUT2D eigenvalue weighted by molar-refractivity contribution is 8.04. The summed E-state index contributed by atoms with van der Waals surface area (Å²) in [4.78, 5) is 1.36. The fourth-order valence-corrected chi connectivity index (χ4v) is 9.84. The number of thiol groups is 1. The molecule has 6 rings (SSSR count). The summed E-state index contributed by atoms with van der Waals surface area (Å²) in [5.74, 6) is 11.5. The molecule has 3 heterocycles. The molecule has 4 aliphatic rings. The molecule has 44 heavy (non-hydrogen) atoms. The number of aliphatic hydroxyl groups excluding tert-OH is 8. The van der Waals surface area contributed by atoms with Crippen LogP contribution in [-0.4, -0.2) is 125 Å². The second kappa shape index (κ2) is 12.2. The van der Waals surface area contributed by atoms with Gasteiger partial charge < -0.3 is 50.3 Å². The van der Waals surface area contributed by atoms with Crippen LogP contribution in [0.3, 0.4) is 0 Å². The van der Waals surface area contributed by atoms with Crippen LogP contribution in [0.4, 0.5) is 0 Å². The Labute approximate surface area is 255 Å². The fourth-order valence-electron chi connectivity index (χ4n) is 6.15. The van der Waals surface area contributed by atoms with Gasteiger partial charge in [0.15, 0.2) is 0 Å². The number of hydrogen-bond donors (Lipinski definition) is 9. The number of hydrogen-bond acceptors (Lipinski definition) is 11. The molecule has 2 aromatic carbocycles. The lowest BCUT2D eigenvalue weighted by atomic mass is 9.93. The average Bonchev–Trinajstić information content (AvgIpc) is 3.86. The highest BCUT2D eigenvalue weighted by Gasteiger charge is 2.46. The quantitative estimate of drug-likeness (QED) is 0.135. The SMILES string of the molecule is O=[SH]1(C2CC2)c2cc(C#C[C@H]3O[C@H](CO)[C@@H](O)[C@H](O)[C@@H]3O)ccc2-c2ccc(C#C[C@H]3O[C@H](CCO)[C@@H](O)[C@H](O)[C@@H]3O)cc21. The Bertz CT molecular complexity index is 1580. The topological polar surface area (TPSA) is 197 Å². The maximum absolute atomic E-state index is 14.8. The van der Waals surface area contributed by atoms with Gasteiger partial charge in [-0.15, -0.1) is 0 Å². The van der Waals surface area contributed by atoms with Crippen LogP contribution in [0, 0.1) is 23.7 Å². The van der Waals surface area contributed by atoms with Gasteiger partial charge in [0, 0.05) is 32.8 Å². The standard InChI is InChI=1S/C32H36O11S/c33-12-11-23-29(37)31(39)27(35)21(42-23)9-3-16-1-7-19-20-8-2-17(14-26(20)44(41,18-5-6-18)25(19)13-16)4-10-22-28(36)32(40)30(38)24(15-34)43-22/h1-2,7-8,13-14,18,21-24,27-40,44H,5-6,11-12,15H2/t21-,22-,23-,24-,27-,28-,29-,30-,31-,32-/m1/s1. The van der Waals surface area contributed by atoms with E-state index in [4.69, 9.17) is 9.47 Å². The van der Waals surface area contributed by atoms with E-state index in [2.05, 4.69) is 23.7 Å². The second-order valence-electron chi connectivity index (χ2n) is 11.7. The Kier molecular flexibility index (Phi) is 8.71. The third kappa shape index (κ3) is 5.41. The van der Waals surface area contributed by atoms with Crippen molar-refractivity contribution in [2.75, 3.05) is 13.2 Å². The van der Waals surface area contributed by atoms with Gasteiger partial charge in [-0.2, -0.15) is 0 Å². The lowest BCUT2D eigenvalue weighted by Crippen LogP contribution is -2.58. The first-order valence-electron chi connectivity index (χ1n) is 14.6. The molecular weight excluding hydrogens is 592 g/mol. The molecule has 0 aromatic heterocycles. The third-order valence-electron chi connectivity index (χ3n) is 8.80. The summed E-state index contributed by atoms with van der Waals surface area (Å²) >= 11 is 0. The zero-order valence-corrected chi connectivity index (χ0v) is 24.5. The molecule has 2 aromatic rings. The van der Waals surface area contributed by atoms with E-state index >= 15 is 0 Å². The van der Waals surface area contributed by atoms with Crippen molar-refractivity contribution in [3.63, 3.8) is 0 Å². The lowest BCUT2D eigenvalue weighted by Gasteiger charge is -2.38. The summed E-state index contributed by atoms with van der Waals surface area (Å²) in [5, 5.41) is 79.9. The molecule has 0 amide bonds. The van der Waals surface area contributed by atoms with Crippen LogP contribution in [0.1, 0.15) is 30.4 Å². The second-order valence-corrected chi connectivity index (χ2v) is 14.7. The smallest absolute Gasteiger partial charge is 0.147 e. The Balaban J connectivity index is 1.29. The van der Waals surface area contributed by atoms with Crippen molar-refractivity contribution in [1.82, 2.24) is 0 Å². The predicted molar refractivity (Wildman–Crippen MR) is 157 cm³/mol. The molecule has 2 saturated heterocycles. The molecular formula is C32H36O11S. The van der Waals surface area contributed by atoms with Crippen LogP contribution in [0.15, 0.2) is 46.2 Å². The Morgan fingerprint density at radius 2 is 1.16 bits per heavy atom. The van der Waals surface area contributed by atoms with Gasteiger partial charge in [-0.1, -0.05) is 45.7 Å². The molecule has 3 aliphatic heterocycles. The molecule has 236 valence electrons. The van der Waals surface area contributed by atoms with Crippen molar-refractivity contribution < 1.29 is 54.5 Å². The van der Waals surface area contributed by atoms with Crippen molar-refractivity contribution in [3.05, 3.63) is 47.5 Å². The van der Waals surface area contributed by atoms with E-state index < -0.39 is 77.6 Å². The zero-order valence-electron chi connectivity index (χ0n) is 23.6. The molecule has 0 bridgehead atoms. The van der Waals surface area contributed by atoms with E-state index in [9.17, 15) is 45.1 Å². The minimum absolute atomic E-state index is 0.0289. The molecule has 0 spiro atoms. The largest absolute Gasteiger partial charge is 0.396 e. The van der Waals surface area contributed by atoms with E-state index in [0.717, 1.165) is 24.0 Å². The average molecular weight is 629 g/mol. The van der Waals surface area contributed by atoms with Gasteiger partial charge in [0.05, 0.1) is 12.7 Å². The van der Waals surface area contributed by atoms with Gasteiger partial charge in [-0.05, 0) is 54.7 Å². The van der Waals surface area contributed by atoms with Gasteiger partial charge in [0.1, 0.15) is 54.9 Å². The lowest BCUT2D eigenvalue weighted by molar-refractivity contribution is -0.214. The van der Waals surface area contributed by atoms with Crippen LogP contribution in [0.25, 0.3) is 11.1 Å². The molecule has 8 N–H and O–H groups in total. The fraction of sp³-hybridized carbons (Fsp3) is 0.500. The van der Waals surface area contributed by atoms with E-state index in [1.54, 1.807) is 24.3 Å². The molecule has 3 fully saturated rings. The summed E-state index contributed by atoms with van der Waals surface area (Å²) in [6, 6.07) is 10.8. The minimum Gasteiger partial charge on any atom is -0.396 e. The van der Waals surface area contributed by atoms with Crippen molar-refractivity contribution in [3.8, 4) is 34.8 Å². The molecule has 12 heteroatoms. The summed E-state index contributed by atoms with van der Waals surface area (Å²) < 4.78 is 25.9. The zero-order chi connectivity index (χ0) is 31.3. The van der Waals surface area contributed by atoms with E-state index in [1.165, 1.54) is 0 Å². The molecule has 0 unspecified atom stereocenters. The monoisotopic (exact) mass is 628 g/mol. The van der Waals surface area contributed by atoms with E-state index in [-0.39, 0.29) is 18.3 Å². The normalized spacial score (nSPS) is 36.2. The van der Waals surface area contributed by atoms with Gasteiger partial charge in [-0.25, -0.2) is 0 Å². The maximum atomic E-state index is 14.8. The Morgan fingerprint density at radius 3 is 1.61 bits per heavy atom. The van der Waals surface area contributed by atoms with Crippen LogP contribution in [0.2, 0.25) is 0 Å². The van der Waals surface area contributed by atoms with Gasteiger partial charge >= 0.3 is 0 Å². The van der Waals surface area contributed by atoms with E-state index in [0.29, 0.717) is 20.9 Å². The van der Waals surface area contributed by atoms with Crippen molar-refractivity contribution in [2.45, 2.75) is 95.3 Å². The number of fused-ring (bicyclic) bond motifs is 3. The van der Waals surface area contributed by atoms with Crippen LogP contribution in [-0.2, 0) is 19.4 Å². The van der Waals surface area contributed by atoms with Crippen LogP contribution in [0.5, 0.6) is 0 Å². The van der Waals surface area contributed by atoms with Crippen molar-refractivity contribution in [1.29, 1.82) is 0 Å². The highest BCUT2D eigenvalue weighted by Crippen LogP contribution is 2.55. The summed E-state index contributed by atoms with van der Waals surface area (Å²) in [6.45, 7) is -0.825. The van der Waals surface area contributed by atoms with Gasteiger partial charge in [-0.3, -0.25) is 4.21 Å². The summed E-state index contributed by atoms with van der Waals surface area (Å²) in [7, 11) is -3.07. The Hall–Kier alpha value is -2.69. The highest BCUT2D eigenvalue weighted by atomic mass is 32.2. The first-order valence-corrected chi connectivity index (χ1v) is 16.4. The van der Waals surface area contributed by atoms with Crippen molar-refractivity contribution >= 4 is 9.93 Å². The Morgan fingerprint density at radius 1 is 0.682 bits per heavy atom. The minimum atomic E-state index is -3.07. The van der Waals surface area contributed by atoms with Crippen LogP contribution < -0.4 is 0 Å². The van der Waals surface area contributed by atoms with E-state index in [1.807, 2.05) is 12.1 Å². The van der Waals surface area contributed by atoms with Gasteiger partial charge in [0.25, 0.3) is 0 Å². The molecule has 0 radical (unpaired) electrons. The molecule has 1 saturated carbocycles. The molecule has 11 nitrogen and oxygen atoms in total. The maximum Gasteiger partial charge on any atom is 0.147 e. The van der Waals surface area contributed by atoms with Gasteiger partial charge in [0.2, 0.25) is 0 Å². The molecule has 10 atom stereocenters.